The molecule has 1 aromatic carbocycles. The molecule has 0 spiro atoms. The van der Waals surface area contributed by atoms with Crippen molar-refractivity contribution < 1.29 is 23.6 Å². The SMILES string of the molecule is O=C(O)c1ccccc1OCc1noc(-c2ccco2)n1. The summed E-state index contributed by atoms with van der Waals surface area (Å²) in [6.45, 7) is -0.00545. The summed E-state index contributed by atoms with van der Waals surface area (Å²) in [6, 6.07) is 9.74. The Balaban J connectivity index is 1.73. The van der Waals surface area contributed by atoms with Crippen molar-refractivity contribution in [3.05, 3.63) is 54.0 Å². The van der Waals surface area contributed by atoms with E-state index >= 15 is 0 Å². The molecule has 7 nitrogen and oxygen atoms in total. The van der Waals surface area contributed by atoms with E-state index in [0.717, 1.165) is 0 Å². The van der Waals surface area contributed by atoms with Crippen LogP contribution in [-0.4, -0.2) is 21.2 Å². The Kier molecular flexibility index (Phi) is 3.38. The molecule has 7 heteroatoms. The van der Waals surface area contributed by atoms with Crippen molar-refractivity contribution in [3.63, 3.8) is 0 Å². The average Bonchev–Trinajstić information content (AvgIpc) is 3.16. The van der Waals surface area contributed by atoms with Gasteiger partial charge in [0.05, 0.1) is 6.26 Å². The zero-order valence-corrected chi connectivity index (χ0v) is 10.7. The summed E-state index contributed by atoms with van der Waals surface area (Å²) >= 11 is 0. The van der Waals surface area contributed by atoms with Gasteiger partial charge in [0.15, 0.2) is 12.4 Å². The van der Waals surface area contributed by atoms with Gasteiger partial charge in [0, 0.05) is 0 Å². The van der Waals surface area contributed by atoms with Crippen molar-refractivity contribution in [2.24, 2.45) is 0 Å². The van der Waals surface area contributed by atoms with Crippen LogP contribution in [0, 0.1) is 0 Å². The van der Waals surface area contributed by atoms with Gasteiger partial charge in [-0.2, -0.15) is 4.98 Å². The number of ether oxygens (including phenoxy) is 1. The van der Waals surface area contributed by atoms with Crippen molar-refractivity contribution >= 4 is 5.97 Å². The fraction of sp³-hybridized carbons (Fsp3) is 0.0714. The highest BCUT2D eigenvalue weighted by molar-refractivity contribution is 5.90. The molecule has 3 aromatic rings. The minimum Gasteiger partial charge on any atom is -0.485 e. The number of aromatic carboxylic acids is 1. The van der Waals surface area contributed by atoms with Crippen LogP contribution in [0.15, 0.2) is 51.6 Å². The maximum absolute atomic E-state index is 11.1. The molecule has 0 saturated heterocycles. The monoisotopic (exact) mass is 286 g/mol. The molecule has 0 unspecified atom stereocenters. The predicted molar refractivity (Wildman–Crippen MR) is 69.7 cm³/mol. The molecule has 0 aliphatic rings. The Morgan fingerprint density at radius 3 is 2.86 bits per heavy atom. The molecule has 2 heterocycles. The normalized spacial score (nSPS) is 10.5. The van der Waals surface area contributed by atoms with E-state index in [1.165, 1.54) is 12.3 Å². The largest absolute Gasteiger partial charge is 0.485 e. The number of hydrogen-bond acceptors (Lipinski definition) is 6. The topological polar surface area (TPSA) is 98.6 Å². The third kappa shape index (κ3) is 2.76. The second kappa shape index (κ2) is 5.49. The van der Waals surface area contributed by atoms with Crippen LogP contribution in [0.25, 0.3) is 11.7 Å². The van der Waals surface area contributed by atoms with Crippen LogP contribution in [-0.2, 0) is 6.61 Å². The number of carboxylic acid groups (broad SMARTS) is 1. The second-order valence-corrected chi connectivity index (χ2v) is 4.08. The lowest BCUT2D eigenvalue weighted by molar-refractivity contribution is 0.0691. The average molecular weight is 286 g/mol. The number of carboxylic acids is 1. The van der Waals surface area contributed by atoms with Crippen molar-refractivity contribution in [1.29, 1.82) is 0 Å². The molecular weight excluding hydrogens is 276 g/mol. The number of para-hydroxylation sites is 1. The summed E-state index contributed by atoms with van der Waals surface area (Å²) in [5.41, 5.74) is 0.0762. The Morgan fingerprint density at radius 1 is 1.24 bits per heavy atom. The molecule has 0 amide bonds. The lowest BCUT2D eigenvalue weighted by Crippen LogP contribution is -2.04. The van der Waals surface area contributed by atoms with Gasteiger partial charge in [-0.1, -0.05) is 17.3 Å². The molecular formula is C14H10N2O5. The molecule has 1 N–H and O–H groups in total. The molecule has 0 radical (unpaired) electrons. The van der Waals surface area contributed by atoms with E-state index in [9.17, 15) is 4.79 Å². The van der Waals surface area contributed by atoms with Crippen LogP contribution in [0.1, 0.15) is 16.2 Å². The van der Waals surface area contributed by atoms with Crippen LogP contribution in [0.2, 0.25) is 0 Å². The van der Waals surface area contributed by atoms with E-state index in [4.69, 9.17) is 18.8 Å². The Bertz CT molecular complexity index is 748. The van der Waals surface area contributed by atoms with Gasteiger partial charge in [-0.05, 0) is 24.3 Å². The highest BCUT2D eigenvalue weighted by atomic mass is 16.5. The molecule has 21 heavy (non-hydrogen) atoms. The van der Waals surface area contributed by atoms with Crippen molar-refractivity contribution in [3.8, 4) is 17.4 Å². The van der Waals surface area contributed by atoms with Crippen molar-refractivity contribution in [1.82, 2.24) is 10.1 Å². The van der Waals surface area contributed by atoms with Gasteiger partial charge in [0.1, 0.15) is 11.3 Å². The van der Waals surface area contributed by atoms with E-state index in [-0.39, 0.29) is 23.8 Å². The number of furan rings is 1. The fourth-order valence-electron chi connectivity index (χ4n) is 1.72. The quantitative estimate of drug-likeness (QED) is 0.769. The fourth-order valence-corrected chi connectivity index (χ4v) is 1.72. The standard InChI is InChI=1S/C14H10N2O5/c17-14(18)9-4-1-2-5-10(9)20-8-12-15-13(21-16-12)11-6-3-7-19-11/h1-7H,8H2,(H,17,18). The molecule has 0 aliphatic heterocycles. The third-order valence-corrected chi connectivity index (χ3v) is 2.67. The van der Waals surface area contributed by atoms with E-state index in [2.05, 4.69) is 10.1 Å². The van der Waals surface area contributed by atoms with E-state index in [1.54, 1.807) is 30.3 Å². The second-order valence-electron chi connectivity index (χ2n) is 4.08. The van der Waals surface area contributed by atoms with E-state index in [0.29, 0.717) is 11.6 Å². The zero-order valence-electron chi connectivity index (χ0n) is 10.7. The lowest BCUT2D eigenvalue weighted by Gasteiger charge is -2.06. The van der Waals surface area contributed by atoms with Gasteiger partial charge in [0.2, 0.25) is 5.82 Å². The first kappa shape index (κ1) is 12.9. The summed E-state index contributed by atoms with van der Waals surface area (Å²) in [5, 5.41) is 12.8. The zero-order chi connectivity index (χ0) is 14.7. The first-order valence-corrected chi connectivity index (χ1v) is 6.05. The molecule has 0 bridgehead atoms. The number of aromatic nitrogens is 2. The number of hydrogen-bond donors (Lipinski definition) is 1. The molecule has 0 saturated carbocycles. The van der Waals surface area contributed by atoms with Crippen LogP contribution in [0.5, 0.6) is 5.75 Å². The van der Waals surface area contributed by atoms with Crippen LogP contribution in [0.4, 0.5) is 0 Å². The summed E-state index contributed by atoms with van der Waals surface area (Å²) in [6.07, 6.45) is 1.50. The Labute approximate surface area is 118 Å². The van der Waals surface area contributed by atoms with Gasteiger partial charge in [-0.15, -0.1) is 0 Å². The number of rotatable bonds is 5. The maximum Gasteiger partial charge on any atom is 0.339 e. The molecule has 2 aromatic heterocycles. The number of benzene rings is 1. The Hall–Kier alpha value is -3.09. The molecule has 106 valence electrons. The summed E-state index contributed by atoms with van der Waals surface area (Å²) < 4.78 is 15.6. The third-order valence-electron chi connectivity index (χ3n) is 2.67. The molecule has 0 atom stereocenters. The van der Waals surface area contributed by atoms with Crippen molar-refractivity contribution in [2.45, 2.75) is 6.61 Å². The first-order valence-electron chi connectivity index (χ1n) is 6.05. The molecule has 0 aliphatic carbocycles. The van der Waals surface area contributed by atoms with Gasteiger partial charge in [0.25, 0.3) is 5.89 Å². The lowest BCUT2D eigenvalue weighted by atomic mass is 10.2. The first-order chi connectivity index (χ1) is 10.2. The van der Waals surface area contributed by atoms with Crippen LogP contribution in [0.3, 0.4) is 0 Å². The smallest absolute Gasteiger partial charge is 0.339 e. The van der Waals surface area contributed by atoms with Crippen LogP contribution >= 0.6 is 0 Å². The number of carbonyl (C=O) groups is 1. The maximum atomic E-state index is 11.1. The highest BCUT2D eigenvalue weighted by Gasteiger charge is 2.14. The predicted octanol–water partition coefficient (Wildman–Crippen LogP) is 2.61. The highest BCUT2D eigenvalue weighted by Crippen LogP contribution is 2.20. The van der Waals surface area contributed by atoms with Gasteiger partial charge >= 0.3 is 5.97 Å². The van der Waals surface area contributed by atoms with E-state index < -0.39 is 5.97 Å². The van der Waals surface area contributed by atoms with Gasteiger partial charge in [-0.3, -0.25) is 0 Å². The van der Waals surface area contributed by atoms with E-state index in [1.807, 2.05) is 0 Å². The summed E-state index contributed by atoms with van der Waals surface area (Å²) in [5.74, 6) is 0.177. The van der Waals surface area contributed by atoms with Gasteiger partial charge in [-0.25, -0.2) is 4.79 Å². The Morgan fingerprint density at radius 2 is 2.10 bits per heavy atom. The summed E-state index contributed by atoms with van der Waals surface area (Å²) in [7, 11) is 0. The van der Waals surface area contributed by atoms with Gasteiger partial charge < -0.3 is 18.8 Å². The molecule has 0 fully saturated rings. The number of nitrogens with zero attached hydrogens (tertiary/aromatic N) is 2. The molecule has 3 rings (SSSR count). The van der Waals surface area contributed by atoms with Crippen LogP contribution < -0.4 is 4.74 Å². The minimum absolute atomic E-state index is 0.00545. The minimum atomic E-state index is -1.06. The summed E-state index contributed by atoms with van der Waals surface area (Å²) in [4.78, 5) is 15.1. The van der Waals surface area contributed by atoms with Crippen molar-refractivity contribution in [2.75, 3.05) is 0 Å².